The molecule has 8 nitrogen and oxygen atoms in total. The summed E-state index contributed by atoms with van der Waals surface area (Å²) in [5, 5.41) is 13.7. The summed E-state index contributed by atoms with van der Waals surface area (Å²) < 4.78 is 9.76. The number of nitrogens with zero attached hydrogens (tertiary/aromatic N) is 6. The fourth-order valence-electron chi connectivity index (χ4n) is 4.87. The SMILES string of the molecule is Cc1cc(Nc2ncc(C)c(N3CC(CC#N)(N4CCC5(CC4)COC5)C3)n2)sn1. The molecule has 0 aromatic carbocycles. The van der Waals surface area contributed by atoms with Gasteiger partial charge in [0, 0.05) is 30.3 Å². The van der Waals surface area contributed by atoms with Crippen molar-refractivity contribution < 1.29 is 4.74 Å². The van der Waals surface area contributed by atoms with E-state index in [1.54, 1.807) is 0 Å². The van der Waals surface area contributed by atoms with Crippen LogP contribution in [0.25, 0.3) is 0 Å². The van der Waals surface area contributed by atoms with E-state index >= 15 is 0 Å². The lowest BCUT2D eigenvalue weighted by Crippen LogP contribution is -2.72. The summed E-state index contributed by atoms with van der Waals surface area (Å²) in [6.07, 6.45) is 4.77. The first-order valence-corrected chi connectivity index (χ1v) is 11.3. The fraction of sp³-hybridized carbons (Fsp3) is 0.619. The minimum atomic E-state index is -0.0687. The minimum Gasteiger partial charge on any atom is -0.380 e. The van der Waals surface area contributed by atoms with E-state index < -0.39 is 0 Å². The molecule has 0 atom stereocenters. The molecule has 0 aliphatic carbocycles. The second-order valence-corrected chi connectivity index (χ2v) is 9.86. The first-order valence-electron chi connectivity index (χ1n) is 10.5. The molecular weight excluding hydrogens is 398 g/mol. The molecule has 3 aliphatic heterocycles. The predicted molar refractivity (Wildman–Crippen MR) is 116 cm³/mol. The van der Waals surface area contributed by atoms with Crippen molar-refractivity contribution in [2.24, 2.45) is 5.41 Å². The van der Waals surface area contributed by atoms with Crippen LogP contribution in [0.2, 0.25) is 0 Å². The maximum absolute atomic E-state index is 9.52. The number of aromatic nitrogens is 3. The van der Waals surface area contributed by atoms with Gasteiger partial charge in [-0.2, -0.15) is 14.6 Å². The van der Waals surface area contributed by atoms with Gasteiger partial charge in [-0.05, 0) is 57.4 Å². The first kappa shape index (κ1) is 19.7. The largest absolute Gasteiger partial charge is 0.380 e. The lowest BCUT2D eigenvalue weighted by atomic mass is 9.74. The van der Waals surface area contributed by atoms with Crippen molar-refractivity contribution >= 4 is 28.3 Å². The van der Waals surface area contributed by atoms with Gasteiger partial charge < -0.3 is 15.0 Å². The second-order valence-electron chi connectivity index (χ2n) is 9.05. The Morgan fingerprint density at radius 3 is 2.63 bits per heavy atom. The number of nitriles is 1. The summed E-state index contributed by atoms with van der Waals surface area (Å²) in [5.41, 5.74) is 2.37. The fourth-order valence-corrected chi connectivity index (χ4v) is 5.52. The van der Waals surface area contributed by atoms with Crippen LogP contribution < -0.4 is 10.2 Å². The number of ether oxygens (including phenoxy) is 1. The predicted octanol–water partition coefficient (Wildman–Crippen LogP) is 2.88. The zero-order valence-corrected chi connectivity index (χ0v) is 18.3. The summed E-state index contributed by atoms with van der Waals surface area (Å²) in [4.78, 5) is 14.0. The summed E-state index contributed by atoms with van der Waals surface area (Å²) in [7, 11) is 0. The standard InChI is InChI=1S/C21H27N7OS/c1-15-10-23-19(24-17-9-16(2)26-30-17)25-18(15)27-11-21(12-27,3-6-22)28-7-4-20(5-8-28)13-29-14-20/h9-10H,3-5,7-8,11-14H2,1-2H3,(H,23,24,25). The van der Waals surface area contributed by atoms with Crippen LogP contribution in [0, 0.1) is 30.6 Å². The van der Waals surface area contributed by atoms with Gasteiger partial charge in [0.25, 0.3) is 0 Å². The van der Waals surface area contributed by atoms with Crippen LogP contribution in [0.3, 0.4) is 0 Å². The van der Waals surface area contributed by atoms with E-state index in [4.69, 9.17) is 9.72 Å². The number of aryl methyl sites for hydroxylation is 2. The molecule has 1 N–H and O–H groups in total. The first-order chi connectivity index (χ1) is 14.5. The summed E-state index contributed by atoms with van der Waals surface area (Å²) >= 11 is 1.41. The third-order valence-electron chi connectivity index (χ3n) is 6.80. The van der Waals surface area contributed by atoms with Crippen molar-refractivity contribution in [2.75, 3.05) is 49.6 Å². The molecule has 0 amide bonds. The Labute approximate surface area is 181 Å². The van der Waals surface area contributed by atoms with E-state index in [-0.39, 0.29) is 5.54 Å². The molecule has 1 spiro atoms. The molecule has 158 valence electrons. The van der Waals surface area contributed by atoms with Gasteiger partial charge in [-0.1, -0.05) is 0 Å². The molecule has 2 aromatic heterocycles. The number of nitrogens with one attached hydrogen (secondary N) is 1. The number of hydrogen-bond donors (Lipinski definition) is 1. The Kier molecular flexibility index (Phi) is 4.88. The molecule has 5 rings (SSSR count). The highest BCUT2D eigenvalue weighted by molar-refractivity contribution is 7.10. The van der Waals surface area contributed by atoms with Crippen molar-refractivity contribution in [1.29, 1.82) is 5.26 Å². The lowest BCUT2D eigenvalue weighted by molar-refractivity contribution is -0.150. The highest BCUT2D eigenvalue weighted by Crippen LogP contribution is 2.43. The quantitative estimate of drug-likeness (QED) is 0.782. The van der Waals surface area contributed by atoms with Gasteiger partial charge in [0.2, 0.25) is 5.95 Å². The molecule has 0 unspecified atom stereocenters. The van der Waals surface area contributed by atoms with Crippen molar-refractivity contribution in [3.05, 3.63) is 23.5 Å². The molecule has 3 saturated heterocycles. The topological polar surface area (TPSA) is 90.2 Å². The van der Waals surface area contributed by atoms with Crippen LogP contribution in [0.5, 0.6) is 0 Å². The average molecular weight is 426 g/mol. The Hall–Kier alpha value is -2.28. The van der Waals surface area contributed by atoms with Gasteiger partial charge in [-0.15, -0.1) is 0 Å². The zero-order valence-electron chi connectivity index (χ0n) is 17.5. The van der Waals surface area contributed by atoms with Crippen molar-refractivity contribution in [2.45, 2.75) is 38.6 Å². The Balaban J connectivity index is 1.29. The van der Waals surface area contributed by atoms with E-state index in [1.807, 2.05) is 26.1 Å². The maximum atomic E-state index is 9.52. The molecule has 3 fully saturated rings. The van der Waals surface area contributed by atoms with E-state index in [1.165, 1.54) is 24.4 Å². The van der Waals surface area contributed by atoms with Crippen LogP contribution in [0.15, 0.2) is 12.3 Å². The van der Waals surface area contributed by atoms with Gasteiger partial charge in [-0.3, -0.25) is 4.90 Å². The zero-order chi connectivity index (χ0) is 20.8. The number of hydrogen-bond acceptors (Lipinski definition) is 9. The minimum absolute atomic E-state index is 0.0687. The summed E-state index contributed by atoms with van der Waals surface area (Å²) in [6.45, 7) is 9.61. The van der Waals surface area contributed by atoms with Crippen LogP contribution >= 0.6 is 11.5 Å². The van der Waals surface area contributed by atoms with Gasteiger partial charge in [0.15, 0.2) is 0 Å². The summed E-state index contributed by atoms with van der Waals surface area (Å²) in [6, 6.07) is 4.44. The van der Waals surface area contributed by atoms with E-state index in [2.05, 4.69) is 30.5 Å². The van der Waals surface area contributed by atoms with Crippen LogP contribution in [-0.2, 0) is 4.74 Å². The molecule has 0 saturated carbocycles. The van der Waals surface area contributed by atoms with E-state index in [9.17, 15) is 5.26 Å². The van der Waals surface area contributed by atoms with E-state index in [0.717, 1.165) is 61.5 Å². The number of anilines is 3. The monoisotopic (exact) mass is 425 g/mol. The van der Waals surface area contributed by atoms with Gasteiger partial charge in [-0.25, -0.2) is 4.98 Å². The van der Waals surface area contributed by atoms with Gasteiger partial charge in [0.1, 0.15) is 10.8 Å². The summed E-state index contributed by atoms with van der Waals surface area (Å²) in [5.74, 6) is 1.53. The third kappa shape index (κ3) is 3.43. The Morgan fingerprint density at radius 1 is 1.27 bits per heavy atom. The van der Waals surface area contributed by atoms with Crippen LogP contribution in [0.4, 0.5) is 16.8 Å². The highest BCUT2D eigenvalue weighted by Gasteiger charge is 2.51. The highest BCUT2D eigenvalue weighted by atomic mass is 32.1. The molecular formula is C21H27N7OS. The van der Waals surface area contributed by atoms with Gasteiger partial charge in [0.05, 0.1) is 36.9 Å². The average Bonchev–Trinajstić information content (AvgIpc) is 3.10. The molecule has 0 radical (unpaired) electrons. The molecule has 30 heavy (non-hydrogen) atoms. The lowest BCUT2D eigenvalue weighted by Gasteiger charge is -2.59. The molecule has 5 heterocycles. The molecule has 9 heteroatoms. The van der Waals surface area contributed by atoms with Crippen LogP contribution in [-0.4, -0.2) is 64.2 Å². The van der Waals surface area contributed by atoms with Crippen molar-refractivity contribution in [3.63, 3.8) is 0 Å². The number of rotatable bonds is 5. The number of likely N-dealkylation sites (tertiary alicyclic amines) is 1. The smallest absolute Gasteiger partial charge is 0.229 e. The van der Waals surface area contributed by atoms with Crippen molar-refractivity contribution in [3.8, 4) is 6.07 Å². The van der Waals surface area contributed by atoms with E-state index in [0.29, 0.717) is 17.8 Å². The molecule has 3 aliphatic rings. The van der Waals surface area contributed by atoms with Crippen molar-refractivity contribution in [1.82, 2.24) is 19.2 Å². The third-order valence-corrected chi connectivity index (χ3v) is 7.59. The second kappa shape index (κ2) is 7.45. The van der Waals surface area contributed by atoms with Crippen LogP contribution in [0.1, 0.15) is 30.5 Å². The molecule has 2 aromatic rings. The molecule has 0 bridgehead atoms. The Morgan fingerprint density at radius 2 is 2.03 bits per heavy atom. The number of piperidine rings is 1. The Bertz CT molecular complexity index is 964. The van der Waals surface area contributed by atoms with Gasteiger partial charge >= 0.3 is 0 Å². The normalized spacial score (nSPS) is 22.2. The maximum Gasteiger partial charge on any atom is 0.229 e.